The molecule has 0 aliphatic carbocycles. The molecular formula is C80H86N4S4. The predicted molar refractivity (Wildman–Crippen MR) is 393 cm³/mol. The molecule has 8 heteroatoms. The van der Waals surface area contributed by atoms with Crippen LogP contribution >= 0.6 is 45.3 Å². The summed E-state index contributed by atoms with van der Waals surface area (Å²) in [5.41, 5.74) is 19.2. The van der Waals surface area contributed by atoms with E-state index in [9.17, 15) is 0 Å². The predicted octanol–water partition coefficient (Wildman–Crippen LogP) is 26.1. The second kappa shape index (κ2) is 23.6. The number of benzene rings is 8. The third-order valence-corrected chi connectivity index (χ3v) is 22.1. The van der Waals surface area contributed by atoms with E-state index in [1.165, 1.54) is 96.8 Å². The van der Waals surface area contributed by atoms with Crippen molar-refractivity contribution in [1.29, 1.82) is 0 Å². The first-order chi connectivity index (χ1) is 42.0. The zero-order valence-electron chi connectivity index (χ0n) is 54.6. The second-order valence-corrected chi connectivity index (χ2v) is 31.8. The molecule has 0 bridgehead atoms. The van der Waals surface area contributed by atoms with E-state index >= 15 is 0 Å². The Morgan fingerprint density at radius 1 is 0.250 bits per heavy atom. The molecule has 0 radical (unpaired) electrons. The van der Waals surface area contributed by atoms with Crippen LogP contribution in [0.2, 0.25) is 0 Å². The van der Waals surface area contributed by atoms with E-state index in [0.717, 1.165) is 71.2 Å². The fraction of sp³-hybridized carbons (Fsp3) is 0.300. The van der Waals surface area contributed by atoms with Crippen molar-refractivity contribution in [3.63, 3.8) is 0 Å². The number of thiophene rings is 4. The first kappa shape index (κ1) is 61.1. The molecule has 0 spiro atoms. The summed E-state index contributed by atoms with van der Waals surface area (Å²) >= 11 is 7.42. The van der Waals surface area contributed by atoms with E-state index in [-0.39, 0.29) is 21.7 Å². The maximum atomic E-state index is 2.60. The molecule has 12 aromatic rings. The Morgan fingerprint density at radius 2 is 0.443 bits per heavy atom. The van der Waals surface area contributed by atoms with Crippen molar-refractivity contribution < 1.29 is 0 Å². The van der Waals surface area contributed by atoms with E-state index < -0.39 is 0 Å². The largest absolute Gasteiger partial charge is 0.309 e. The topological polar surface area (TPSA) is 13.0 Å². The average molecular weight is 1230 g/mol. The normalized spacial score (nSPS) is 12.5. The molecule has 0 aliphatic heterocycles. The smallest absolute Gasteiger partial charge is 0.0600 e. The summed E-state index contributed by atoms with van der Waals surface area (Å²) in [5, 5.41) is 16.5. The van der Waals surface area contributed by atoms with Crippen LogP contribution in [-0.4, -0.2) is 0 Å². The van der Waals surface area contributed by atoms with Crippen LogP contribution in [0.25, 0.3) is 32.3 Å². The lowest BCUT2D eigenvalue weighted by atomic mass is 9.86. The molecular weight excluding hydrogens is 1150 g/mol. The maximum Gasteiger partial charge on any atom is 0.0600 e. The third-order valence-electron chi connectivity index (χ3n) is 17.9. The number of aryl methyl sites for hydroxylation is 4. The molecule has 450 valence electrons. The monoisotopic (exact) mass is 1230 g/mol. The molecule has 0 aliphatic rings. The summed E-state index contributed by atoms with van der Waals surface area (Å²) in [5.74, 6) is 0. The molecule has 4 nitrogen and oxygen atoms in total. The molecule has 0 atom stereocenters. The second-order valence-electron chi connectivity index (χ2n) is 27.8. The van der Waals surface area contributed by atoms with E-state index in [4.69, 9.17) is 0 Å². The van der Waals surface area contributed by atoms with Gasteiger partial charge in [-0.2, -0.15) is 0 Å². The molecule has 0 N–H and O–H groups in total. The zero-order valence-corrected chi connectivity index (χ0v) is 57.8. The number of anilines is 12. The number of rotatable bonds is 16. The van der Waals surface area contributed by atoms with Crippen LogP contribution in [0, 0.1) is 0 Å². The standard InChI is InChI=1S/C80H86N4S4/c1-17-71-63(41-45-85-71)81(55-29-21-51(22-30-55)77(5,6)7)67-49-68(82(64-42-46-86-72(64)18-2)56-31-23-52(24-32-56)78(8,9)10)60-39-40-62-70(84(66-44-48-88-74(66)20-4)58-35-27-54(28-36-58)80(14,15)16)50-69(61-38-37-59(67)75(60)76(61)62)83(65-43-47-87-73(65)19-3)57-33-25-53(26-34-57)79(11,12)13/h21-50H,17-20H2,1-16H3. The van der Waals surface area contributed by atoms with Gasteiger partial charge in [0.2, 0.25) is 0 Å². The summed E-state index contributed by atoms with van der Waals surface area (Å²) in [6.45, 7) is 37.0. The summed E-state index contributed by atoms with van der Waals surface area (Å²) < 4.78 is 0. The number of hydrogen-bond donors (Lipinski definition) is 0. The molecule has 0 saturated carbocycles. The van der Waals surface area contributed by atoms with Crippen molar-refractivity contribution in [2.45, 2.75) is 158 Å². The summed E-state index contributed by atoms with van der Waals surface area (Å²) in [6.07, 6.45) is 3.67. The fourth-order valence-electron chi connectivity index (χ4n) is 12.9. The van der Waals surface area contributed by atoms with Gasteiger partial charge >= 0.3 is 0 Å². The Labute approximate surface area is 540 Å². The molecule has 0 unspecified atom stereocenters. The van der Waals surface area contributed by atoms with Gasteiger partial charge in [-0.25, -0.2) is 0 Å². The van der Waals surface area contributed by atoms with Gasteiger partial charge in [0.15, 0.2) is 0 Å². The van der Waals surface area contributed by atoms with Crippen LogP contribution in [-0.2, 0) is 47.3 Å². The molecule has 4 aromatic heterocycles. The first-order valence-electron chi connectivity index (χ1n) is 31.7. The van der Waals surface area contributed by atoms with Crippen LogP contribution in [0.15, 0.2) is 179 Å². The highest BCUT2D eigenvalue weighted by Gasteiger charge is 2.32. The van der Waals surface area contributed by atoms with Gasteiger partial charge in [0.25, 0.3) is 0 Å². The van der Waals surface area contributed by atoms with Crippen molar-refractivity contribution in [3.8, 4) is 0 Å². The molecule has 8 aromatic carbocycles. The highest BCUT2D eigenvalue weighted by molar-refractivity contribution is 7.11. The highest BCUT2D eigenvalue weighted by atomic mass is 32.1. The van der Waals surface area contributed by atoms with Crippen LogP contribution in [0.4, 0.5) is 68.2 Å². The van der Waals surface area contributed by atoms with Gasteiger partial charge in [0.1, 0.15) is 0 Å². The van der Waals surface area contributed by atoms with Crippen molar-refractivity contribution in [3.05, 3.63) is 221 Å². The van der Waals surface area contributed by atoms with Gasteiger partial charge in [-0.15, -0.1) is 45.3 Å². The van der Waals surface area contributed by atoms with E-state index in [1.807, 2.05) is 45.3 Å². The van der Waals surface area contributed by atoms with Crippen molar-refractivity contribution in [1.82, 2.24) is 0 Å². The molecule has 4 heterocycles. The Morgan fingerprint density at radius 3 is 0.614 bits per heavy atom. The highest BCUT2D eigenvalue weighted by Crippen LogP contribution is 2.57. The summed E-state index contributed by atoms with van der Waals surface area (Å²) in [6, 6.07) is 62.2. The van der Waals surface area contributed by atoms with Crippen molar-refractivity contribution in [2.75, 3.05) is 19.6 Å². The maximum absolute atomic E-state index is 2.60. The average Bonchev–Trinajstić information content (AvgIpc) is 0.900. The van der Waals surface area contributed by atoms with Gasteiger partial charge in [0, 0.05) is 74.6 Å². The lowest BCUT2D eigenvalue weighted by Crippen LogP contribution is -2.17. The first-order valence-corrected chi connectivity index (χ1v) is 35.2. The minimum Gasteiger partial charge on any atom is -0.309 e. The quantitative estimate of drug-likeness (QED) is 0.0894. The lowest BCUT2D eigenvalue weighted by Gasteiger charge is -2.35. The van der Waals surface area contributed by atoms with E-state index in [2.05, 4.69) is 310 Å². The van der Waals surface area contributed by atoms with Gasteiger partial charge in [-0.3, -0.25) is 0 Å². The van der Waals surface area contributed by atoms with E-state index in [0.29, 0.717) is 0 Å². The van der Waals surface area contributed by atoms with Gasteiger partial charge in [-0.05, 0) is 176 Å². The van der Waals surface area contributed by atoms with Crippen LogP contribution < -0.4 is 19.6 Å². The Balaban J connectivity index is 1.29. The van der Waals surface area contributed by atoms with Crippen molar-refractivity contribution in [2.24, 2.45) is 0 Å². The molecule has 0 amide bonds. The number of nitrogens with zero attached hydrogens (tertiary/aromatic N) is 4. The van der Waals surface area contributed by atoms with Crippen LogP contribution in [0.1, 0.15) is 153 Å². The van der Waals surface area contributed by atoms with Gasteiger partial charge in [0.05, 0.1) is 45.5 Å². The van der Waals surface area contributed by atoms with Gasteiger partial charge in [-0.1, -0.05) is 184 Å². The third kappa shape index (κ3) is 11.2. The van der Waals surface area contributed by atoms with Crippen LogP contribution in [0.3, 0.4) is 0 Å². The molecule has 12 rings (SSSR count). The minimum atomic E-state index is -0.0106. The summed E-state index contributed by atoms with van der Waals surface area (Å²) in [4.78, 5) is 15.8. The minimum absolute atomic E-state index is 0.0106. The van der Waals surface area contributed by atoms with Gasteiger partial charge < -0.3 is 19.6 Å². The van der Waals surface area contributed by atoms with Crippen molar-refractivity contribution >= 4 is 146 Å². The summed E-state index contributed by atoms with van der Waals surface area (Å²) in [7, 11) is 0. The number of hydrogen-bond acceptors (Lipinski definition) is 8. The fourth-order valence-corrected chi connectivity index (χ4v) is 16.2. The molecule has 88 heavy (non-hydrogen) atoms. The molecule has 0 fully saturated rings. The molecule has 0 saturated heterocycles. The van der Waals surface area contributed by atoms with Crippen LogP contribution in [0.5, 0.6) is 0 Å². The Hall–Kier alpha value is -7.20. The Bertz CT molecular complexity index is 3850. The lowest BCUT2D eigenvalue weighted by molar-refractivity contribution is 0.590. The zero-order chi connectivity index (χ0) is 62.2. The SMILES string of the molecule is CCc1sccc1N(c1ccc(C(C)(C)C)cc1)c1cc(N(c2ccc(C(C)(C)C)cc2)c2ccsc2CC)c2ccc3c(N(c4ccc(C(C)(C)C)cc4)c4ccsc4CC)cc(N(c4ccc(C(C)(C)C)cc4)c4ccsc4CC)c4ccc1c2c43. The van der Waals surface area contributed by atoms with E-state index in [1.54, 1.807) is 0 Å². The Kier molecular flexibility index (Phi) is 16.4.